The average molecular weight is 175 g/mol. The lowest BCUT2D eigenvalue weighted by Gasteiger charge is -2.02. The maximum Gasteiger partial charge on any atom is 0.404 e. The van der Waals surface area contributed by atoms with Gasteiger partial charge in [-0.25, -0.2) is 4.79 Å². The minimum absolute atomic E-state index is 0.251. The molecular formula is C8H17NO3. The fourth-order valence-electron chi connectivity index (χ4n) is 0.757. The molecule has 0 aliphatic rings. The number of rotatable bonds is 7. The summed E-state index contributed by atoms with van der Waals surface area (Å²) >= 11 is 0. The lowest BCUT2D eigenvalue weighted by Crippen LogP contribution is -2.16. The lowest BCUT2D eigenvalue weighted by atomic mass is 10.3. The molecule has 2 N–H and O–H groups in total. The SMILES string of the molecule is CCCCCOCCOC(N)=O. The van der Waals surface area contributed by atoms with Gasteiger partial charge >= 0.3 is 6.09 Å². The third-order valence-electron chi connectivity index (χ3n) is 1.36. The van der Waals surface area contributed by atoms with Crippen molar-refractivity contribution in [1.29, 1.82) is 0 Å². The zero-order valence-corrected chi connectivity index (χ0v) is 7.54. The Morgan fingerprint density at radius 3 is 2.58 bits per heavy atom. The molecule has 0 heterocycles. The highest BCUT2D eigenvalue weighted by Crippen LogP contribution is 1.93. The van der Waals surface area contributed by atoms with E-state index < -0.39 is 6.09 Å². The van der Waals surface area contributed by atoms with Crippen LogP contribution >= 0.6 is 0 Å². The molecule has 4 nitrogen and oxygen atoms in total. The summed E-state index contributed by atoms with van der Waals surface area (Å²) in [5, 5.41) is 0. The first-order valence-electron chi connectivity index (χ1n) is 4.27. The molecule has 72 valence electrons. The molecule has 4 heteroatoms. The summed E-state index contributed by atoms with van der Waals surface area (Å²) < 4.78 is 9.62. The molecule has 0 bridgehead atoms. The number of carbonyl (C=O) groups excluding carboxylic acids is 1. The van der Waals surface area contributed by atoms with Crippen LogP contribution in [0.1, 0.15) is 26.2 Å². The van der Waals surface area contributed by atoms with Crippen LogP contribution < -0.4 is 5.73 Å². The molecule has 0 spiro atoms. The maximum atomic E-state index is 10.1. The molecule has 0 aromatic heterocycles. The monoisotopic (exact) mass is 175 g/mol. The van der Waals surface area contributed by atoms with E-state index in [0.717, 1.165) is 13.0 Å². The van der Waals surface area contributed by atoms with Crippen LogP contribution in [0.5, 0.6) is 0 Å². The van der Waals surface area contributed by atoms with E-state index in [9.17, 15) is 4.79 Å². The van der Waals surface area contributed by atoms with Crippen LogP contribution in [0.15, 0.2) is 0 Å². The summed E-state index contributed by atoms with van der Waals surface area (Å²) in [7, 11) is 0. The molecule has 0 atom stereocenters. The van der Waals surface area contributed by atoms with Crippen LogP contribution in [0.25, 0.3) is 0 Å². The van der Waals surface area contributed by atoms with E-state index in [-0.39, 0.29) is 6.61 Å². The molecule has 0 fully saturated rings. The third kappa shape index (κ3) is 9.23. The normalized spacial score (nSPS) is 9.75. The second kappa shape index (κ2) is 8.33. The molecule has 0 aliphatic heterocycles. The minimum Gasteiger partial charge on any atom is -0.447 e. The summed E-state index contributed by atoms with van der Waals surface area (Å²) in [5.74, 6) is 0. The second-order valence-electron chi connectivity index (χ2n) is 2.49. The van der Waals surface area contributed by atoms with Crippen LogP contribution in [0.2, 0.25) is 0 Å². The predicted molar refractivity (Wildman–Crippen MR) is 45.9 cm³/mol. The number of unbranched alkanes of at least 4 members (excludes halogenated alkanes) is 2. The second-order valence-corrected chi connectivity index (χ2v) is 2.49. The molecule has 0 saturated carbocycles. The number of hydrogen-bond acceptors (Lipinski definition) is 3. The minimum atomic E-state index is -0.743. The quantitative estimate of drug-likeness (QED) is 0.593. The standard InChI is InChI=1S/C8H17NO3/c1-2-3-4-5-11-6-7-12-8(9)10/h2-7H2,1H3,(H2,9,10). The zero-order valence-electron chi connectivity index (χ0n) is 7.54. The van der Waals surface area contributed by atoms with E-state index in [0.29, 0.717) is 6.61 Å². The van der Waals surface area contributed by atoms with E-state index in [2.05, 4.69) is 11.7 Å². The first-order valence-corrected chi connectivity index (χ1v) is 4.27. The Balaban J connectivity index is 2.86. The van der Waals surface area contributed by atoms with Gasteiger partial charge in [0.25, 0.3) is 0 Å². The van der Waals surface area contributed by atoms with Crippen molar-refractivity contribution < 1.29 is 14.3 Å². The highest BCUT2D eigenvalue weighted by Gasteiger charge is 1.92. The number of primary amides is 1. The molecular weight excluding hydrogens is 158 g/mol. The largest absolute Gasteiger partial charge is 0.447 e. The number of hydrogen-bond donors (Lipinski definition) is 1. The van der Waals surface area contributed by atoms with Gasteiger partial charge in [-0.05, 0) is 6.42 Å². The van der Waals surface area contributed by atoms with Crippen LogP contribution in [0.3, 0.4) is 0 Å². The summed E-state index contributed by atoms with van der Waals surface area (Å²) in [6.45, 7) is 3.56. The van der Waals surface area contributed by atoms with Gasteiger partial charge in [0, 0.05) is 6.61 Å². The predicted octanol–water partition coefficient (Wildman–Crippen LogP) is 1.29. The molecule has 0 unspecified atom stereocenters. The first-order chi connectivity index (χ1) is 5.77. The Morgan fingerprint density at radius 2 is 2.00 bits per heavy atom. The van der Waals surface area contributed by atoms with Crippen molar-refractivity contribution in [3.05, 3.63) is 0 Å². The highest BCUT2D eigenvalue weighted by molar-refractivity contribution is 5.64. The van der Waals surface area contributed by atoms with Gasteiger partial charge in [-0.2, -0.15) is 0 Å². The number of carbonyl (C=O) groups is 1. The van der Waals surface area contributed by atoms with Crippen molar-refractivity contribution in [3.8, 4) is 0 Å². The molecule has 0 rings (SSSR count). The van der Waals surface area contributed by atoms with E-state index in [1.54, 1.807) is 0 Å². The molecule has 0 aromatic rings. The Bertz CT molecular complexity index is 117. The van der Waals surface area contributed by atoms with Gasteiger partial charge in [0.05, 0.1) is 6.61 Å². The molecule has 0 saturated heterocycles. The van der Waals surface area contributed by atoms with Crippen molar-refractivity contribution in [2.45, 2.75) is 26.2 Å². The Labute approximate surface area is 73.0 Å². The van der Waals surface area contributed by atoms with Crippen molar-refractivity contribution in [3.63, 3.8) is 0 Å². The first kappa shape index (κ1) is 11.2. The van der Waals surface area contributed by atoms with E-state index in [4.69, 9.17) is 10.5 Å². The Hall–Kier alpha value is -0.770. The summed E-state index contributed by atoms with van der Waals surface area (Å²) in [6, 6.07) is 0. The van der Waals surface area contributed by atoms with Gasteiger partial charge in [0.2, 0.25) is 0 Å². The van der Waals surface area contributed by atoms with Crippen LogP contribution in [0, 0.1) is 0 Å². The van der Waals surface area contributed by atoms with Gasteiger partial charge in [-0.15, -0.1) is 0 Å². The van der Waals surface area contributed by atoms with E-state index in [1.807, 2.05) is 0 Å². The van der Waals surface area contributed by atoms with Gasteiger partial charge < -0.3 is 15.2 Å². The fourth-order valence-corrected chi connectivity index (χ4v) is 0.757. The number of ether oxygens (including phenoxy) is 2. The zero-order chi connectivity index (χ0) is 9.23. The van der Waals surface area contributed by atoms with Crippen LogP contribution in [-0.2, 0) is 9.47 Å². The van der Waals surface area contributed by atoms with Crippen LogP contribution in [-0.4, -0.2) is 25.9 Å². The van der Waals surface area contributed by atoms with Crippen molar-refractivity contribution >= 4 is 6.09 Å². The van der Waals surface area contributed by atoms with Crippen molar-refractivity contribution in [1.82, 2.24) is 0 Å². The van der Waals surface area contributed by atoms with Gasteiger partial charge in [0.1, 0.15) is 6.61 Å². The Morgan fingerprint density at radius 1 is 1.25 bits per heavy atom. The lowest BCUT2D eigenvalue weighted by molar-refractivity contribution is 0.0747. The molecule has 12 heavy (non-hydrogen) atoms. The summed E-state index contributed by atoms with van der Waals surface area (Å²) in [6.07, 6.45) is 2.68. The maximum absolute atomic E-state index is 10.1. The highest BCUT2D eigenvalue weighted by atomic mass is 16.6. The smallest absolute Gasteiger partial charge is 0.404 e. The van der Waals surface area contributed by atoms with Gasteiger partial charge in [-0.1, -0.05) is 19.8 Å². The average Bonchev–Trinajstić information content (AvgIpc) is 2.02. The third-order valence-corrected chi connectivity index (χ3v) is 1.36. The van der Waals surface area contributed by atoms with E-state index in [1.165, 1.54) is 12.8 Å². The summed E-state index contributed by atoms with van der Waals surface area (Å²) in [5.41, 5.74) is 4.74. The van der Waals surface area contributed by atoms with Crippen molar-refractivity contribution in [2.24, 2.45) is 5.73 Å². The van der Waals surface area contributed by atoms with Crippen LogP contribution in [0.4, 0.5) is 4.79 Å². The van der Waals surface area contributed by atoms with Gasteiger partial charge in [-0.3, -0.25) is 0 Å². The summed E-state index contributed by atoms with van der Waals surface area (Å²) in [4.78, 5) is 10.1. The molecule has 0 radical (unpaired) electrons. The fraction of sp³-hybridized carbons (Fsp3) is 0.875. The van der Waals surface area contributed by atoms with Crippen molar-refractivity contribution in [2.75, 3.05) is 19.8 Å². The van der Waals surface area contributed by atoms with Gasteiger partial charge in [0.15, 0.2) is 0 Å². The Kier molecular flexibility index (Phi) is 7.79. The number of amides is 1. The van der Waals surface area contributed by atoms with E-state index >= 15 is 0 Å². The molecule has 1 amide bonds. The molecule has 0 aromatic carbocycles. The molecule has 0 aliphatic carbocycles. The topological polar surface area (TPSA) is 61.6 Å². The number of nitrogens with two attached hydrogens (primary N) is 1.